The minimum atomic E-state index is 0.442. The van der Waals surface area contributed by atoms with E-state index in [2.05, 4.69) is 53.4 Å². The molecule has 0 aliphatic carbocycles. The Morgan fingerprint density at radius 2 is 2.04 bits per heavy atom. The van der Waals surface area contributed by atoms with E-state index in [1.54, 1.807) is 7.11 Å². The maximum absolute atomic E-state index is 5.51. The van der Waals surface area contributed by atoms with Crippen LogP contribution in [0.4, 0.5) is 5.82 Å². The van der Waals surface area contributed by atoms with Gasteiger partial charge in [-0.2, -0.15) is 0 Å². The number of aryl methyl sites for hydroxylation is 2. The zero-order chi connectivity index (χ0) is 17.1. The normalized spacial score (nSPS) is 18.4. The highest BCUT2D eigenvalue weighted by Crippen LogP contribution is 2.31. The van der Waals surface area contributed by atoms with Crippen molar-refractivity contribution in [3.05, 3.63) is 35.4 Å². The van der Waals surface area contributed by atoms with Gasteiger partial charge in [-0.15, -0.1) is 10.2 Å². The summed E-state index contributed by atoms with van der Waals surface area (Å²) in [6.45, 7) is 6.35. The Labute approximate surface area is 144 Å². The van der Waals surface area contributed by atoms with Crippen LogP contribution in [0.3, 0.4) is 0 Å². The van der Waals surface area contributed by atoms with Gasteiger partial charge in [0.2, 0.25) is 0 Å². The molecule has 0 saturated carbocycles. The maximum Gasteiger partial charge on any atom is 0.149 e. The molecule has 5 nitrogen and oxygen atoms in total. The van der Waals surface area contributed by atoms with E-state index in [9.17, 15) is 0 Å². The number of nitrogens with one attached hydrogen (secondary N) is 1. The van der Waals surface area contributed by atoms with Gasteiger partial charge in [0, 0.05) is 18.2 Å². The van der Waals surface area contributed by atoms with Gasteiger partial charge < -0.3 is 15.0 Å². The van der Waals surface area contributed by atoms with E-state index in [4.69, 9.17) is 4.74 Å². The molecule has 1 aliphatic rings. The van der Waals surface area contributed by atoms with Gasteiger partial charge in [0.1, 0.15) is 11.6 Å². The fourth-order valence-corrected chi connectivity index (χ4v) is 3.31. The number of ether oxygens (including phenoxy) is 1. The Morgan fingerprint density at radius 1 is 1.21 bits per heavy atom. The van der Waals surface area contributed by atoms with Gasteiger partial charge in [-0.1, -0.05) is 6.07 Å². The Bertz CT molecular complexity index is 717. The Kier molecular flexibility index (Phi) is 5.00. The first-order chi connectivity index (χ1) is 11.6. The zero-order valence-corrected chi connectivity index (χ0v) is 15.0. The second kappa shape index (κ2) is 7.18. The van der Waals surface area contributed by atoms with Crippen molar-refractivity contribution in [3.63, 3.8) is 0 Å². The number of anilines is 1. The molecule has 0 radical (unpaired) electrons. The third-order valence-corrected chi connectivity index (χ3v) is 4.57. The van der Waals surface area contributed by atoms with Crippen LogP contribution in [0.15, 0.2) is 24.3 Å². The highest BCUT2D eigenvalue weighted by atomic mass is 16.5. The SMILES string of the molecule is COc1cc(C)ccc1-c1nnc(N[C@@H]2CCCN(C)C2)cc1C. The molecule has 0 spiro atoms. The van der Waals surface area contributed by atoms with Crippen molar-refractivity contribution >= 4 is 5.82 Å². The third-order valence-electron chi connectivity index (χ3n) is 4.57. The van der Waals surface area contributed by atoms with Gasteiger partial charge in [-0.05, 0) is 69.6 Å². The van der Waals surface area contributed by atoms with Crippen molar-refractivity contribution in [2.75, 3.05) is 32.6 Å². The molecule has 1 N–H and O–H groups in total. The molecule has 3 rings (SSSR count). The Morgan fingerprint density at radius 3 is 2.75 bits per heavy atom. The second-order valence-electron chi connectivity index (χ2n) is 6.71. The van der Waals surface area contributed by atoms with E-state index in [-0.39, 0.29) is 0 Å². The third kappa shape index (κ3) is 3.67. The van der Waals surface area contributed by atoms with Crippen LogP contribution in [0, 0.1) is 13.8 Å². The van der Waals surface area contributed by atoms with Crippen LogP contribution >= 0.6 is 0 Å². The molecule has 0 amide bonds. The Balaban J connectivity index is 1.82. The number of piperidine rings is 1. The van der Waals surface area contributed by atoms with Crippen molar-refractivity contribution in [1.82, 2.24) is 15.1 Å². The van der Waals surface area contributed by atoms with Crippen molar-refractivity contribution in [3.8, 4) is 17.0 Å². The lowest BCUT2D eigenvalue weighted by Crippen LogP contribution is -2.39. The molecule has 5 heteroatoms. The molecule has 1 saturated heterocycles. The first-order valence-corrected chi connectivity index (χ1v) is 8.51. The van der Waals surface area contributed by atoms with Crippen molar-refractivity contribution in [2.45, 2.75) is 32.7 Å². The molecule has 1 atom stereocenters. The summed E-state index contributed by atoms with van der Waals surface area (Å²) in [5.74, 6) is 1.68. The minimum Gasteiger partial charge on any atom is -0.496 e. The first kappa shape index (κ1) is 16.7. The van der Waals surface area contributed by atoms with Gasteiger partial charge in [-0.25, -0.2) is 0 Å². The van der Waals surface area contributed by atoms with E-state index in [1.165, 1.54) is 24.9 Å². The molecular weight excluding hydrogens is 300 g/mol. The van der Waals surface area contributed by atoms with E-state index in [1.807, 2.05) is 12.1 Å². The number of hydrogen-bond donors (Lipinski definition) is 1. The highest BCUT2D eigenvalue weighted by Gasteiger charge is 2.18. The van der Waals surface area contributed by atoms with Crippen LogP contribution in [-0.2, 0) is 0 Å². The number of likely N-dealkylation sites (tertiary alicyclic amines) is 1. The maximum atomic E-state index is 5.51. The predicted molar refractivity (Wildman–Crippen MR) is 97.6 cm³/mol. The molecule has 0 bridgehead atoms. The monoisotopic (exact) mass is 326 g/mol. The number of benzene rings is 1. The molecule has 1 fully saturated rings. The smallest absolute Gasteiger partial charge is 0.149 e. The summed E-state index contributed by atoms with van der Waals surface area (Å²) in [6.07, 6.45) is 2.40. The van der Waals surface area contributed by atoms with E-state index in [0.29, 0.717) is 6.04 Å². The zero-order valence-electron chi connectivity index (χ0n) is 15.0. The number of likely N-dealkylation sites (N-methyl/N-ethyl adjacent to an activating group) is 1. The summed E-state index contributed by atoms with van der Waals surface area (Å²) in [7, 11) is 3.86. The van der Waals surface area contributed by atoms with Gasteiger partial charge in [-0.3, -0.25) is 0 Å². The van der Waals surface area contributed by atoms with Crippen LogP contribution in [0.2, 0.25) is 0 Å². The second-order valence-corrected chi connectivity index (χ2v) is 6.71. The largest absolute Gasteiger partial charge is 0.496 e. The van der Waals surface area contributed by atoms with E-state index < -0.39 is 0 Å². The lowest BCUT2D eigenvalue weighted by molar-refractivity contribution is 0.260. The molecule has 2 heterocycles. The van der Waals surface area contributed by atoms with Crippen LogP contribution < -0.4 is 10.1 Å². The van der Waals surface area contributed by atoms with Gasteiger partial charge in [0.05, 0.1) is 12.8 Å². The van der Waals surface area contributed by atoms with Gasteiger partial charge >= 0.3 is 0 Å². The molecule has 24 heavy (non-hydrogen) atoms. The average Bonchev–Trinajstić information content (AvgIpc) is 2.55. The first-order valence-electron chi connectivity index (χ1n) is 8.51. The topological polar surface area (TPSA) is 50.3 Å². The molecule has 2 aromatic rings. The molecule has 1 aromatic heterocycles. The quantitative estimate of drug-likeness (QED) is 0.934. The summed E-state index contributed by atoms with van der Waals surface area (Å²) in [4.78, 5) is 2.35. The van der Waals surface area contributed by atoms with E-state index >= 15 is 0 Å². The lowest BCUT2D eigenvalue weighted by atomic mass is 10.0. The van der Waals surface area contributed by atoms with Gasteiger partial charge in [0.15, 0.2) is 0 Å². The number of aromatic nitrogens is 2. The van der Waals surface area contributed by atoms with Crippen LogP contribution in [-0.4, -0.2) is 48.4 Å². The fourth-order valence-electron chi connectivity index (χ4n) is 3.31. The summed E-state index contributed by atoms with van der Waals surface area (Å²) in [5, 5.41) is 12.4. The van der Waals surface area contributed by atoms with Crippen molar-refractivity contribution in [2.24, 2.45) is 0 Å². The van der Waals surface area contributed by atoms with E-state index in [0.717, 1.165) is 34.9 Å². The molecule has 1 aromatic carbocycles. The standard InChI is InChI=1S/C19H26N4O/c1-13-7-8-16(17(10-13)24-4)19-14(2)11-18(21-22-19)20-15-6-5-9-23(3)12-15/h7-8,10-11,15H,5-6,9,12H2,1-4H3,(H,20,21)/t15-/m1/s1. The Hall–Kier alpha value is -2.14. The number of hydrogen-bond acceptors (Lipinski definition) is 5. The van der Waals surface area contributed by atoms with Crippen LogP contribution in [0.25, 0.3) is 11.3 Å². The predicted octanol–water partition coefficient (Wildman–Crippen LogP) is 3.28. The molecule has 128 valence electrons. The van der Waals surface area contributed by atoms with Gasteiger partial charge in [0.25, 0.3) is 0 Å². The summed E-state index contributed by atoms with van der Waals surface area (Å²) < 4.78 is 5.51. The van der Waals surface area contributed by atoms with Crippen molar-refractivity contribution in [1.29, 1.82) is 0 Å². The summed E-state index contributed by atoms with van der Waals surface area (Å²) in [6, 6.07) is 8.67. The molecule has 0 unspecified atom stereocenters. The number of nitrogens with zero attached hydrogens (tertiary/aromatic N) is 3. The molecular formula is C19H26N4O. The summed E-state index contributed by atoms with van der Waals surface area (Å²) in [5.41, 5.74) is 4.12. The molecule has 1 aliphatic heterocycles. The van der Waals surface area contributed by atoms with Crippen LogP contribution in [0.1, 0.15) is 24.0 Å². The average molecular weight is 326 g/mol. The lowest BCUT2D eigenvalue weighted by Gasteiger charge is -2.30. The highest BCUT2D eigenvalue weighted by molar-refractivity contribution is 5.70. The number of rotatable bonds is 4. The van der Waals surface area contributed by atoms with Crippen molar-refractivity contribution < 1.29 is 4.74 Å². The number of methoxy groups -OCH3 is 1. The minimum absolute atomic E-state index is 0.442. The van der Waals surface area contributed by atoms with Crippen LogP contribution in [0.5, 0.6) is 5.75 Å². The summed E-state index contributed by atoms with van der Waals surface area (Å²) >= 11 is 0. The fraction of sp³-hybridized carbons (Fsp3) is 0.474.